The molecule has 2 heterocycles. The maximum atomic E-state index is 4.06. The minimum absolute atomic E-state index is 0.963. The highest BCUT2D eigenvalue weighted by molar-refractivity contribution is 5.93. The third kappa shape index (κ3) is 3.45. The summed E-state index contributed by atoms with van der Waals surface area (Å²) in [5, 5.41) is 1.35. The fourth-order valence-electron chi connectivity index (χ4n) is 3.78. The second-order valence-electron chi connectivity index (χ2n) is 7.23. The Balaban J connectivity index is 1.56. The summed E-state index contributed by atoms with van der Waals surface area (Å²) in [6.45, 7) is 8.17. The first-order valence-corrected chi connectivity index (χ1v) is 9.44. The lowest BCUT2D eigenvalue weighted by atomic mass is 9.96. The van der Waals surface area contributed by atoms with Crippen molar-refractivity contribution in [3.8, 4) is 0 Å². The van der Waals surface area contributed by atoms with Crippen LogP contribution in [0.3, 0.4) is 0 Å². The number of nitrogens with zero attached hydrogens (tertiary/aromatic N) is 1. The predicted molar refractivity (Wildman–Crippen MR) is 111 cm³/mol. The van der Waals surface area contributed by atoms with E-state index in [1.807, 2.05) is 0 Å². The first kappa shape index (κ1) is 16.7. The Labute approximate surface area is 155 Å². The summed E-state index contributed by atoms with van der Waals surface area (Å²) in [6.07, 6.45) is 7.77. The lowest BCUT2D eigenvalue weighted by Crippen LogP contribution is -2.26. The molecule has 2 aromatic carbocycles. The second kappa shape index (κ2) is 7.25. The number of hydrogen-bond acceptors (Lipinski definition) is 1. The van der Waals surface area contributed by atoms with Gasteiger partial charge in [-0.3, -0.25) is 0 Å². The van der Waals surface area contributed by atoms with Crippen LogP contribution in [0.2, 0.25) is 0 Å². The van der Waals surface area contributed by atoms with E-state index in [0.29, 0.717) is 0 Å². The van der Waals surface area contributed by atoms with Gasteiger partial charge in [0.05, 0.1) is 0 Å². The molecule has 0 saturated heterocycles. The lowest BCUT2D eigenvalue weighted by molar-refractivity contribution is 0.381. The monoisotopic (exact) mass is 342 g/mol. The largest absolute Gasteiger partial charge is 0.371 e. The first-order chi connectivity index (χ1) is 12.7. The van der Waals surface area contributed by atoms with Crippen LogP contribution in [0, 0.1) is 0 Å². The van der Waals surface area contributed by atoms with Crippen LogP contribution in [0.1, 0.15) is 30.0 Å². The van der Waals surface area contributed by atoms with Crippen LogP contribution >= 0.6 is 0 Å². The lowest BCUT2D eigenvalue weighted by Gasteiger charge is -2.28. The molecule has 0 radical (unpaired) electrons. The third-order valence-corrected chi connectivity index (χ3v) is 5.39. The summed E-state index contributed by atoms with van der Waals surface area (Å²) in [5.41, 5.74) is 8.00. The summed E-state index contributed by atoms with van der Waals surface area (Å²) in [6, 6.07) is 17.6. The van der Waals surface area contributed by atoms with Gasteiger partial charge in [0.2, 0.25) is 0 Å². The highest BCUT2D eigenvalue weighted by Gasteiger charge is 2.15. The van der Waals surface area contributed by atoms with Crippen LogP contribution in [-0.4, -0.2) is 23.0 Å². The number of fused-ring (bicyclic) bond motifs is 1. The molecule has 2 heteroatoms. The SMILES string of the molecule is C=C(C)N1CC=C(c2c[nH]c3ccc(CCc4ccccc4)cc23)CC1. The number of allylic oxidation sites excluding steroid dienone is 1. The summed E-state index contributed by atoms with van der Waals surface area (Å²) in [5.74, 6) is 0. The predicted octanol–water partition coefficient (Wildman–Crippen LogP) is 5.58. The van der Waals surface area contributed by atoms with Gasteiger partial charge in [0.1, 0.15) is 0 Å². The first-order valence-electron chi connectivity index (χ1n) is 9.44. The van der Waals surface area contributed by atoms with Gasteiger partial charge in [-0.2, -0.15) is 0 Å². The van der Waals surface area contributed by atoms with Gasteiger partial charge < -0.3 is 9.88 Å². The van der Waals surface area contributed by atoms with E-state index in [0.717, 1.165) is 38.0 Å². The van der Waals surface area contributed by atoms with Crippen LogP contribution in [0.5, 0.6) is 0 Å². The number of rotatable bonds is 5. The summed E-state index contributed by atoms with van der Waals surface area (Å²) in [7, 11) is 0. The number of nitrogens with one attached hydrogen (secondary N) is 1. The van der Waals surface area contributed by atoms with Gasteiger partial charge in [0.15, 0.2) is 0 Å². The van der Waals surface area contributed by atoms with Gasteiger partial charge in [-0.15, -0.1) is 0 Å². The van der Waals surface area contributed by atoms with Crippen molar-refractivity contribution in [3.05, 3.63) is 89.8 Å². The van der Waals surface area contributed by atoms with Gasteiger partial charge >= 0.3 is 0 Å². The van der Waals surface area contributed by atoms with Crippen LogP contribution < -0.4 is 0 Å². The molecule has 4 rings (SSSR count). The van der Waals surface area contributed by atoms with Crippen molar-refractivity contribution in [2.45, 2.75) is 26.2 Å². The molecular weight excluding hydrogens is 316 g/mol. The molecule has 132 valence electrons. The van der Waals surface area contributed by atoms with Gasteiger partial charge in [-0.1, -0.05) is 49.1 Å². The average molecular weight is 342 g/mol. The van der Waals surface area contributed by atoms with E-state index < -0.39 is 0 Å². The third-order valence-electron chi connectivity index (χ3n) is 5.39. The average Bonchev–Trinajstić information content (AvgIpc) is 3.10. The fourth-order valence-corrected chi connectivity index (χ4v) is 3.78. The number of aromatic amines is 1. The van der Waals surface area contributed by atoms with E-state index in [2.05, 4.69) is 84.2 Å². The molecule has 1 aromatic heterocycles. The topological polar surface area (TPSA) is 19.0 Å². The summed E-state index contributed by atoms with van der Waals surface area (Å²) >= 11 is 0. The molecule has 2 nitrogen and oxygen atoms in total. The molecule has 0 amide bonds. The molecule has 0 unspecified atom stereocenters. The van der Waals surface area contributed by atoms with Crippen molar-refractivity contribution in [3.63, 3.8) is 0 Å². The van der Waals surface area contributed by atoms with Gasteiger partial charge in [0, 0.05) is 41.4 Å². The standard InChI is InChI=1S/C24H26N2/c1-18(2)26-14-12-21(13-15-26)23-17-25-24-11-10-20(16-22(23)24)9-8-19-6-4-3-5-7-19/h3-7,10-12,16-17,25H,1,8-9,13-15H2,2H3. The zero-order chi connectivity index (χ0) is 17.9. The van der Waals surface area contributed by atoms with Crippen LogP contribution in [0.25, 0.3) is 16.5 Å². The molecule has 0 spiro atoms. The Morgan fingerprint density at radius 3 is 2.62 bits per heavy atom. The van der Waals surface area contributed by atoms with Gasteiger partial charge in [0.25, 0.3) is 0 Å². The molecule has 1 aliphatic heterocycles. The van der Waals surface area contributed by atoms with E-state index in [-0.39, 0.29) is 0 Å². The quantitative estimate of drug-likeness (QED) is 0.641. The minimum Gasteiger partial charge on any atom is -0.371 e. The van der Waals surface area contributed by atoms with Crippen molar-refractivity contribution < 1.29 is 0 Å². The van der Waals surface area contributed by atoms with Crippen molar-refractivity contribution in [2.75, 3.05) is 13.1 Å². The van der Waals surface area contributed by atoms with Crippen molar-refractivity contribution >= 4 is 16.5 Å². The smallest absolute Gasteiger partial charge is 0.0460 e. The van der Waals surface area contributed by atoms with Crippen molar-refractivity contribution in [1.29, 1.82) is 0 Å². The Hall–Kier alpha value is -2.74. The van der Waals surface area contributed by atoms with Crippen LogP contribution in [0.4, 0.5) is 0 Å². The fraction of sp³-hybridized carbons (Fsp3) is 0.250. The van der Waals surface area contributed by atoms with Gasteiger partial charge in [-0.25, -0.2) is 0 Å². The Kier molecular flexibility index (Phi) is 4.66. The Morgan fingerprint density at radius 2 is 1.88 bits per heavy atom. The molecule has 0 fully saturated rings. The minimum atomic E-state index is 0.963. The van der Waals surface area contributed by atoms with E-state index in [1.54, 1.807) is 0 Å². The van der Waals surface area contributed by atoms with Crippen molar-refractivity contribution in [1.82, 2.24) is 9.88 Å². The van der Waals surface area contributed by atoms with Gasteiger partial charge in [-0.05, 0) is 55.0 Å². The molecule has 0 bridgehead atoms. The normalized spacial score (nSPS) is 14.5. The molecule has 0 saturated carbocycles. The van der Waals surface area contributed by atoms with Crippen molar-refractivity contribution in [2.24, 2.45) is 0 Å². The maximum absolute atomic E-state index is 4.06. The number of aromatic nitrogens is 1. The molecule has 1 N–H and O–H groups in total. The van der Waals surface area contributed by atoms with E-state index in [9.17, 15) is 0 Å². The van der Waals surface area contributed by atoms with Crippen LogP contribution in [-0.2, 0) is 12.8 Å². The summed E-state index contributed by atoms with van der Waals surface area (Å²) in [4.78, 5) is 5.79. The highest BCUT2D eigenvalue weighted by Crippen LogP contribution is 2.30. The molecule has 26 heavy (non-hydrogen) atoms. The Bertz CT molecular complexity index is 947. The summed E-state index contributed by atoms with van der Waals surface area (Å²) < 4.78 is 0. The molecule has 1 aliphatic rings. The zero-order valence-corrected chi connectivity index (χ0v) is 15.5. The Morgan fingerprint density at radius 1 is 1.08 bits per heavy atom. The number of benzene rings is 2. The number of H-pyrrole nitrogens is 1. The van der Waals surface area contributed by atoms with E-state index >= 15 is 0 Å². The van der Waals surface area contributed by atoms with Crippen LogP contribution in [0.15, 0.2) is 73.1 Å². The molecule has 0 atom stereocenters. The zero-order valence-electron chi connectivity index (χ0n) is 15.5. The van der Waals surface area contributed by atoms with E-state index in [1.165, 1.54) is 33.2 Å². The number of aryl methyl sites for hydroxylation is 2. The molecule has 3 aromatic rings. The molecular formula is C24H26N2. The van der Waals surface area contributed by atoms with E-state index in [4.69, 9.17) is 0 Å². The maximum Gasteiger partial charge on any atom is 0.0460 e. The number of hydrogen-bond donors (Lipinski definition) is 1. The highest BCUT2D eigenvalue weighted by atomic mass is 15.1. The molecule has 0 aliphatic carbocycles. The second-order valence-corrected chi connectivity index (χ2v) is 7.23.